The first kappa shape index (κ1) is 20.3. The van der Waals surface area contributed by atoms with Crippen LogP contribution < -0.4 is 10.9 Å². The van der Waals surface area contributed by atoms with Gasteiger partial charge < -0.3 is 10.4 Å². The molecule has 0 unspecified atom stereocenters. The zero-order valence-electron chi connectivity index (χ0n) is 15.1. The second-order valence-electron chi connectivity index (χ2n) is 6.04. The second-order valence-corrected chi connectivity index (χ2v) is 7.70. The third kappa shape index (κ3) is 4.52. The van der Waals surface area contributed by atoms with Crippen LogP contribution in [0, 0.1) is 0 Å². The van der Waals surface area contributed by atoms with Gasteiger partial charge in [0, 0.05) is 19.3 Å². The molecule has 1 aromatic carbocycles. The van der Waals surface area contributed by atoms with Crippen molar-refractivity contribution in [1.29, 1.82) is 0 Å². The van der Waals surface area contributed by atoms with E-state index in [0.717, 1.165) is 0 Å². The number of aliphatic hydroxyl groups excluding tert-OH is 1. The number of para-hydroxylation sites is 1. The molecule has 0 aliphatic heterocycles. The van der Waals surface area contributed by atoms with Crippen LogP contribution in [0.1, 0.15) is 13.3 Å². The molecule has 2 aromatic heterocycles. The fraction of sp³-hybridized carbons (Fsp3) is 0.263. The summed E-state index contributed by atoms with van der Waals surface area (Å²) in [5.74, 6) is -0.281. The summed E-state index contributed by atoms with van der Waals surface area (Å²) in [6.07, 6.45) is 1.95. The number of halogens is 1. The zero-order chi connectivity index (χ0) is 20.1. The molecule has 146 valence electrons. The number of carbonyl (C=O) groups is 1. The molecule has 0 saturated carbocycles. The van der Waals surface area contributed by atoms with Crippen LogP contribution >= 0.6 is 23.4 Å². The Morgan fingerprint density at radius 2 is 2.11 bits per heavy atom. The van der Waals surface area contributed by atoms with E-state index in [4.69, 9.17) is 16.7 Å². The van der Waals surface area contributed by atoms with Gasteiger partial charge in [-0.1, -0.05) is 35.5 Å². The SMILES string of the molecule is C[C@@H](Sc1nc2ccccc2c(=O)n1CCCO)C(=O)Nc1cccnc1Cl. The molecule has 0 spiro atoms. The Bertz CT molecular complexity index is 1060. The molecule has 0 saturated heterocycles. The van der Waals surface area contributed by atoms with Gasteiger partial charge in [-0.25, -0.2) is 9.97 Å². The van der Waals surface area contributed by atoms with Gasteiger partial charge in [-0.05, 0) is 37.6 Å². The van der Waals surface area contributed by atoms with Crippen LogP contribution in [-0.2, 0) is 11.3 Å². The number of fused-ring (bicyclic) bond motifs is 1. The smallest absolute Gasteiger partial charge is 0.262 e. The monoisotopic (exact) mass is 418 g/mol. The minimum atomic E-state index is -0.537. The Morgan fingerprint density at radius 1 is 1.32 bits per heavy atom. The molecule has 2 heterocycles. The summed E-state index contributed by atoms with van der Waals surface area (Å²) in [5.41, 5.74) is 0.799. The molecule has 1 amide bonds. The molecule has 0 radical (unpaired) electrons. The van der Waals surface area contributed by atoms with E-state index in [9.17, 15) is 9.59 Å². The largest absolute Gasteiger partial charge is 0.396 e. The number of pyridine rings is 1. The first-order valence-corrected chi connectivity index (χ1v) is 9.95. The standard InChI is InChI=1S/C19H19ClN4O3S/c1-12(17(26)22-15-8-4-9-21-16(15)20)28-19-23-14-7-3-2-6-13(14)18(27)24(19)10-5-11-25/h2-4,6-9,12,25H,5,10-11H2,1H3,(H,22,26)/t12-/m1/s1. The number of benzene rings is 1. The molecule has 2 N–H and O–H groups in total. The number of aromatic nitrogens is 3. The van der Waals surface area contributed by atoms with Gasteiger partial charge in [0.05, 0.1) is 21.8 Å². The van der Waals surface area contributed by atoms with Gasteiger partial charge in [-0.2, -0.15) is 0 Å². The molecule has 0 bridgehead atoms. The summed E-state index contributed by atoms with van der Waals surface area (Å²) in [5, 5.41) is 12.5. The van der Waals surface area contributed by atoms with Gasteiger partial charge in [-0.15, -0.1) is 0 Å². The highest BCUT2D eigenvalue weighted by Gasteiger charge is 2.20. The van der Waals surface area contributed by atoms with E-state index in [1.165, 1.54) is 22.5 Å². The van der Waals surface area contributed by atoms with Crippen molar-refractivity contribution in [1.82, 2.24) is 14.5 Å². The lowest BCUT2D eigenvalue weighted by atomic mass is 10.2. The van der Waals surface area contributed by atoms with Crippen molar-refractivity contribution >= 4 is 45.9 Å². The van der Waals surface area contributed by atoms with Crippen molar-refractivity contribution in [2.45, 2.75) is 30.3 Å². The summed E-state index contributed by atoms with van der Waals surface area (Å²) in [6, 6.07) is 10.4. The van der Waals surface area contributed by atoms with E-state index in [-0.39, 0.29) is 23.2 Å². The highest BCUT2D eigenvalue weighted by Crippen LogP contribution is 2.25. The highest BCUT2D eigenvalue weighted by atomic mass is 35.5. The van der Waals surface area contributed by atoms with Crippen LogP contribution in [-0.4, -0.2) is 37.4 Å². The van der Waals surface area contributed by atoms with Gasteiger partial charge in [0.2, 0.25) is 5.91 Å². The maximum atomic E-state index is 12.8. The first-order valence-electron chi connectivity index (χ1n) is 8.69. The summed E-state index contributed by atoms with van der Waals surface area (Å²) >= 11 is 7.17. The van der Waals surface area contributed by atoms with Crippen LogP contribution in [0.15, 0.2) is 52.5 Å². The number of hydrogen-bond acceptors (Lipinski definition) is 6. The van der Waals surface area contributed by atoms with Crippen molar-refractivity contribution in [3.8, 4) is 0 Å². The number of nitrogens with one attached hydrogen (secondary N) is 1. The first-order chi connectivity index (χ1) is 13.5. The lowest BCUT2D eigenvalue weighted by molar-refractivity contribution is -0.115. The highest BCUT2D eigenvalue weighted by molar-refractivity contribution is 8.00. The van der Waals surface area contributed by atoms with Crippen LogP contribution in [0.4, 0.5) is 5.69 Å². The molecule has 9 heteroatoms. The third-order valence-corrected chi connectivity index (χ3v) is 5.43. The normalized spacial score (nSPS) is 12.1. The van der Waals surface area contributed by atoms with Crippen LogP contribution in [0.5, 0.6) is 0 Å². The number of thioether (sulfide) groups is 1. The van der Waals surface area contributed by atoms with Crippen molar-refractivity contribution < 1.29 is 9.90 Å². The summed E-state index contributed by atoms with van der Waals surface area (Å²) in [7, 11) is 0. The number of amides is 1. The maximum absolute atomic E-state index is 12.8. The summed E-state index contributed by atoms with van der Waals surface area (Å²) in [6.45, 7) is 2.00. The van der Waals surface area contributed by atoms with E-state index in [0.29, 0.717) is 34.7 Å². The molecule has 7 nitrogen and oxygen atoms in total. The van der Waals surface area contributed by atoms with E-state index in [1.807, 2.05) is 6.07 Å². The minimum Gasteiger partial charge on any atom is -0.396 e. The molecule has 0 aliphatic rings. The molecular weight excluding hydrogens is 400 g/mol. The Kier molecular flexibility index (Phi) is 6.66. The number of hydrogen-bond donors (Lipinski definition) is 2. The molecule has 0 aliphatic carbocycles. The van der Waals surface area contributed by atoms with E-state index in [1.54, 1.807) is 37.3 Å². The number of nitrogens with zero attached hydrogens (tertiary/aromatic N) is 3. The van der Waals surface area contributed by atoms with Crippen molar-refractivity contribution in [2.75, 3.05) is 11.9 Å². The van der Waals surface area contributed by atoms with Crippen LogP contribution in [0.3, 0.4) is 0 Å². The van der Waals surface area contributed by atoms with Crippen LogP contribution in [0.2, 0.25) is 5.15 Å². The summed E-state index contributed by atoms with van der Waals surface area (Å²) in [4.78, 5) is 33.9. The van der Waals surface area contributed by atoms with Crippen LogP contribution in [0.25, 0.3) is 10.9 Å². The van der Waals surface area contributed by atoms with E-state index < -0.39 is 5.25 Å². The molecular formula is C19H19ClN4O3S. The Balaban J connectivity index is 1.88. The van der Waals surface area contributed by atoms with Crippen molar-refractivity contribution in [2.24, 2.45) is 0 Å². The minimum absolute atomic E-state index is 0.0427. The second kappa shape index (κ2) is 9.18. The average Bonchev–Trinajstić information content (AvgIpc) is 2.69. The number of anilines is 1. The Morgan fingerprint density at radius 3 is 2.86 bits per heavy atom. The van der Waals surface area contributed by atoms with Gasteiger partial charge >= 0.3 is 0 Å². The summed E-state index contributed by atoms with van der Waals surface area (Å²) < 4.78 is 1.50. The molecule has 0 fully saturated rings. The quantitative estimate of drug-likeness (QED) is 0.348. The molecule has 3 rings (SSSR count). The van der Waals surface area contributed by atoms with Crippen molar-refractivity contribution in [3.63, 3.8) is 0 Å². The maximum Gasteiger partial charge on any atom is 0.262 e. The van der Waals surface area contributed by atoms with Gasteiger partial charge in [0.15, 0.2) is 10.3 Å². The third-order valence-electron chi connectivity index (χ3n) is 4.03. The number of aliphatic hydroxyl groups is 1. The Labute approximate surface area is 170 Å². The topological polar surface area (TPSA) is 97.1 Å². The fourth-order valence-corrected chi connectivity index (χ4v) is 3.69. The lowest BCUT2D eigenvalue weighted by Gasteiger charge is -2.16. The predicted octanol–water partition coefficient (Wildman–Crippen LogP) is 2.95. The van der Waals surface area contributed by atoms with Gasteiger partial charge in [0.25, 0.3) is 5.56 Å². The van der Waals surface area contributed by atoms with Gasteiger partial charge in [0.1, 0.15) is 0 Å². The van der Waals surface area contributed by atoms with E-state index in [2.05, 4.69) is 15.3 Å². The van der Waals surface area contributed by atoms with Gasteiger partial charge in [-0.3, -0.25) is 14.2 Å². The Hall–Kier alpha value is -2.42. The molecule has 28 heavy (non-hydrogen) atoms. The lowest BCUT2D eigenvalue weighted by Crippen LogP contribution is -2.27. The average molecular weight is 419 g/mol. The number of carbonyl (C=O) groups excluding carboxylic acids is 1. The molecule has 3 aromatic rings. The zero-order valence-corrected chi connectivity index (χ0v) is 16.7. The van der Waals surface area contributed by atoms with Crippen molar-refractivity contribution in [3.05, 3.63) is 58.1 Å². The number of rotatable bonds is 7. The predicted molar refractivity (Wildman–Crippen MR) is 111 cm³/mol. The van der Waals surface area contributed by atoms with E-state index >= 15 is 0 Å². The fourth-order valence-electron chi connectivity index (χ4n) is 2.59. The molecule has 1 atom stereocenters.